The lowest BCUT2D eigenvalue weighted by atomic mass is 9.85. The number of hydrogen-bond donors (Lipinski definition) is 1. The van der Waals surface area contributed by atoms with E-state index < -0.39 is 11.5 Å². The van der Waals surface area contributed by atoms with Crippen LogP contribution in [0.15, 0.2) is 18.2 Å². The van der Waals surface area contributed by atoms with Gasteiger partial charge in [0, 0.05) is 13.5 Å². The number of aryl methyl sites for hydroxylation is 2. The molecule has 4 heteroatoms. The number of likely N-dealkylation sites (N-methyl/N-ethyl adjacent to an activating group) is 1. The maximum absolute atomic E-state index is 11.8. The highest BCUT2D eigenvalue weighted by atomic mass is 16.4. The van der Waals surface area contributed by atoms with Crippen LogP contribution in [0, 0.1) is 13.8 Å². The number of carbonyl (C=O) groups excluding carboxylic acids is 1. The Balaban J connectivity index is 3.54. The highest BCUT2D eigenvalue weighted by Crippen LogP contribution is 2.32. The third-order valence-corrected chi connectivity index (χ3v) is 3.57. The van der Waals surface area contributed by atoms with Crippen LogP contribution in [-0.2, 0) is 15.1 Å². The van der Waals surface area contributed by atoms with E-state index in [1.54, 1.807) is 13.8 Å². The summed E-state index contributed by atoms with van der Waals surface area (Å²) in [4.78, 5) is 24.9. The number of aliphatic carboxylic acids is 1. The van der Waals surface area contributed by atoms with Gasteiger partial charge in [-0.15, -0.1) is 0 Å². The molecule has 0 heterocycles. The van der Waals surface area contributed by atoms with Crippen molar-refractivity contribution in [1.82, 2.24) is 4.90 Å². The van der Waals surface area contributed by atoms with Crippen molar-refractivity contribution in [3.8, 4) is 0 Å². The van der Waals surface area contributed by atoms with Crippen LogP contribution >= 0.6 is 0 Å². The van der Waals surface area contributed by atoms with Crippen LogP contribution in [-0.4, -0.2) is 28.4 Å². The third kappa shape index (κ3) is 2.62. The van der Waals surface area contributed by atoms with Crippen LogP contribution in [0.4, 0.5) is 0 Å². The second-order valence-corrected chi connectivity index (χ2v) is 4.96. The third-order valence-electron chi connectivity index (χ3n) is 3.57. The minimum absolute atomic E-state index is 0.242. The number of carbonyl (C=O) groups is 2. The largest absolute Gasteiger partial charge is 0.479 e. The second kappa shape index (κ2) is 5.43. The predicted molar refractivity (Wildman–Crippen MR) is 74.0 cm³/mol. The van der Waals surface area contributed by atoms with E-state index in [-0.39, 0.29) is 5.91 Å². The number of benzene rings is 1. The van der Waals surface area contributed by atoms with Crippen molar-refractivity contribution in [3.05, 3.63) is 34.9 Å². The van der Waals surface area contributed by atoms with Crippen molar-refractivity contribution in [2.75, 3.05) is 6.54 Å². The molecule has 19 heavy (non-hydrogen) atoms. The van der Waals surface area contributed by atoms with Gasteiger partial charge >= 0.3 is 5.97 Å². The minimum atomic E-state index is -1.34. The van der Waals surface area contributed by atoms with Crippen LogP contribution in [0.25, 0.3) is 0 Å². The van der Waals surface area contributed by atoms with Gasteiger partial charge in [-0.3, -0.25) is 4.79 Å². The van der Waals surface area contributed by atoms with Gasteiger partial charge in [-0.05, 0) is 38.8 Å². The molecule has 1 unspecified atom stereocenters. The summed E-state index contributed by atoms with van der Waals surface area (Å²) in [7, 11) is 0. The van der Waals surface area contributed by atoms with Crippen LogP contribution in [0.1, 0.15) is 37.5 Å². The number of rotatable bonds is 4. The van der Waals surface area contributed by atoms with Crippen molar-refractivity contribution in [2.45, 2.75) is 40.2 Å². The van der Waals surface area contributed by atoms with Gasteiger partial charge in [0.15, 0.2) is 5.54 Å². The smallest absolute Gasteiger partial charge is 0.334 e. The van der Waals surface area contributed by atoms with Gasteiger partial charge in [0.25, 0.3) is 0 Å². The van der Waals surface area contributed by atoms with Gasteiger partial charge in [-0.1, -0.05) is 23.8 Å². The summed E-state index contributed by atoms with van der Waals surface area (Å²) in [5, 5.41) is 9.66. The average Bonchev–Trinajstić information content (AvgIpc) is 2.32. The van der Waals surface area contributed by atoms with E-state index in [1.165, 1.54) is 11.8 Å². The number of carboxylic acids is 1. The van der Waals surface area contributed by atoms with Crippen molar-refractivity contribution in [2.24, 2.45) is 0 Å². The quantitative estimate of drug-likeness (QED) is 0.908. The maximum atomic E-state index is 11.8. The van der Waals surface area contributed by atoms with Crippen LogP contribution in [0.2, 0.25) is 0 Å². The molecule has 0 radical (unpaired) electrons. The molecule has 0 saturated heterocycles. The summed E-state index contributed by atoms with van der Waals surface area (Å²) in [5.41, 5.74) is 1.18. The molecule has 0 aromatic heterocycles. The van der Waals surface area contributed by atoms with Crippen LogP contribution < -0.4 is 0 Å². The fourth-order valence-electron chi connectivity index (χ4n) is 2.49. The zero-order valence-electron chi connectivity index (χ0n) is 12.2. The van der Waals surface area contributed by atoms with Crippen molar-refractivity contribution in [3.63, 3.8) is 0 Å². The van der Waals surface area contributed by atoms with E-state index in [4.69, 9.17) is 0 Å². The Bertz CT molecular complexity index is 510. The Hall–Kier alpha value is -1.84. The Labute approximate surface area is 114 Å². The molecule has 0 spiro atoms. The fraction of sp³-hybridized carbons (Fsp3) is 0.467. The Morgan fingerprint density at radius 1 is 1.32 bits per heavy atom. The molecular weight excluding hydrogens is 242 g/mol. The Morgan fingerprint density at radius 2 is 1.89 bits per heavy atom. The molecule has 0 bridgehead atoms. The molecule has 1 rings (SSSR count). The van der Waals surface area contributed by atoms with Crippen molar-refractivity contribution >= 4 is 11.9 Å². The highest BCUT2D eigenvalue weighted by molar-refractivity contribution is 5.87. The molecule has 0 aliphatic heterocycles. The molecule has 1 N–H and O–H groups in total. The normalized spacial score (nSPS) is 13.7. The molecule has 1 aromatic rings. The first-order valence-corrected chi connectivity index (χ1v) is 6.34. The molecular formula is C15H21NO3. The molecule has 0 aliphatic rings. The van der Waals surface area contributed by atoms with E-state index in [0.29, 0.717) is 12.1 Å². The Morgan fingerprint density at radius 3 is 2.32 bits per heavy atom. The summed E-state index contributed by atoms with van der Waals surface area (Å²) >= 11 is 0. The van der Waals surface area contributed by atoms with Crippen molar-refractivity contribution < 1.29 is 14.7 Å². The second-order valence-electron chi connectivity index (χ2n) is 4.96. The van der Waals surface area contributed by atoms with E-state index >= 15 is 0 Å². The first-order chi connectivity index (χ1) is 8.75. The number of nitrogens with zero attached hydrogens (tertiary/aromatic N) is 1. The fourth-order valence-corrected chi connectivity index (χ4v) is 2.49. The molecule has 1 amide bonds. The topological polar surface area (TPSA) is 57.6 Å². The van der Waals surface area contributed by atoms with E-state index in [2.05, 4.69) is 0 Å². The summed E-state index contributed by atoms with van der Waals surface area (Å²) < 4.78 is 0. The lowest BCUT2D eigenvalue weighted by Gasteiger charge is -2.38. The van der Waals surface area contributed by atoms with Gasteiger partial charge in [-0.25, -0.2) is 4.79 Å². The zero-order chi connectivity index (χ0) is 14.8. The average molecular weight is 263 g/mol. The van der Waals surface area contributed by atoms with Gasteiger partial charge in [0.05, 0.1) is 0 Å². The van der Waals surface area contributed by atoms with Crippen molar-refractivity contribution in [1.29, 1.82) is 0 Å². The molecule has 0 saturated carbocycles. The SMILES string of the molecule is CCN(C(C)=O)C(C)(C(=O)O)c1cc(C)ccc1C. The molecule has 0 aliphatic carbocycles. The number of amides is 1. The molecule has 1 aromatic carbocycles. The molecule has 104 valence electrons. The predicted octanol–water partition coefficient (Wildman–Crippen LogP) is 2.47. The summed E-state index contributed by atoms with van der Waals surface area (Å²) in [6.45, 7) is 8.90. The van der Waals surface area contributed by atoms with E-state index in [1.807, 2.05) is 32.0 Å². The maximum Gasteiger partial charge on any atom is 0.334 e. The summed E-state index contributed by atoms with van der Waals surface area (Å²) in [6.07, 6.45) is 0. The number of hydrogen-bond acceptors (Lipinski definition) is 2. The van der Waals surface area contributed by atoms with Crippen LogP contribution in [0.5, 0.6) is 0 Å². The first-order valence-electron chi connectivity index (χ1n) is 6.34. The molecule has 4 nitrogen and oxygen atoms in total. The number of carboxylic acid groups (broad SMARTS) is 1. The van der Waals surface area contributed by atoms with Gasteiger partial charge in [0.1, 0.15) is 0 Å². The zero-order valence-corrected chi connectivity index (χ0v) is 12.2. The summed E-state index contributed by atoms with van der Waals surface area (Å²) in [6, 6.07) is 5.67. The van der Waals surface area contributed by atoms with Gasteiger partial charge < -0.3 is 10.0 Å². The van der Waals surface area contributed by atoms with Gasteiger partial charge in [0.2, 0.25) is 5.91 Å². The molecule has 1 atom stereocenters. The van der Waals surface area contributed by atoms with Crippen LogP contribution in [0.3, 0.4) is 0 Å². The molecule has 0 fully saturated rings. The summed E-state index contributed by atoms with van der Waals surface area (Å²) in [5.74, 6) is -1.26. The standard InChI is InChI=1S/C15H21NO3/c1-6-16(12(4)17)15(5,14(18)19)13-9-10(2)7-8-11(13)3/h7-9H,6H2,1-5H3,(H,18,19). The highest BCUT2D eigenvalue weighted by Gasteiger charge is 2.43. The Kier molecular flexibility index (Phi) is 4.35. The monoisotopic (exact) mass is 263 g/mol. The van der Waals surface area contributed by atoms with E-state index in [9.17, 15) is 14.7 Å². The minimum Gasteiger partial charge on any atom is -0.479 e. The van der Waals surface area contributed by atoms with E-state index in [0.717, 1.165) is 11.1 Å². The van der Waals surface area contributed by atoms with Gasteiger partial charge in [-0.2, -0.15) is 0 Å². The lowest BCUT2D eigenvalue weighted by molar-refractivity contribution is -0.158. The first kappa shape index (κ1) is 15.2. The lowest BCUT2D eigenvalue weighted by Crippen LogP contribution is -2.52.